The van der Waals surface area contributed by atoms with Gasteiger partial charge in [0.05, 0.1) is 31.7 Å². The molecular formula is C25H31N3O7. The zero-order valence-electron chi connectivity index (χ0n) is 20.3. The molecule has 2 aliphatic rings. The zero-order valence-corrected chi connectivity index (χ0v) is 20.3. The van der Waals surface area contributed by atoms with E-state index in [4.69, 9.17) is 13.9 Å². The average molecular weight is 486 g/mol. The number of hydrogen-bond acceptors (Lipinski definition) is 8. The molecule has 0 radical (unpaired) electrons. The van der Waals surface area contributed by atoms with Crippen molar-refractivity contribution >= 4 is 23.4 Å². The van der Waals surface area contributed by atoms with Gasteiger partial charge in [0.1, 0.15) is 23.3 Å². The Labute approximate surface area is 203 Å². The van der Waals surface area contributed by atoms with Gasteiger partial charge in [-0.15, -0.1) is 0 Å². The van der Waals surface area contributed by atoms with Crippen LogP contribution in [0.1, 0.15) is 52.5 Å². The van der Waals surface area contributed by atoms with Crippen LogP contribution in [0.25, 0.3) is 5.76 Å². The lowest BCUT2D eigenvalue weighted by Gasteiger charge is -2.28. The van der Waals surface area contributed by atoms with E-state index in [2.05, 4.69) is 9.88 Å². The van der Waals surface area contributed by atoms with Gasteiger partial charge in [-0.2, -0.15) is 0 Å². The summed E-state index contributed by atoms with van der Waals surface area (Å²) >= 11 is 0. The fourth-order valence-electron chi connectivity index (χ4n) is 4.79. The molecule has 0 spiro atoms. The van der Waals surface area contributed by atoms with Gasteiger partial charge in [-0.25, -0.2) is 4.79 Å². The van der Waals surface area contributed by atoms with E-state index in [0.717, 1.165) is 19.6 Å². The Morgan fingerprint density at radius 3 is 2.63 bits per heavy atom. The highest BCUT2D eigenvalue weighted by Gasteiger charge is 2.47. The third-order valence-electron chi connectivity index (χ3n) is 6.48. The molecule has 2 fully saturated rings. The minimum atomic E-state index is -0.866. The van der Waals surface area contributed by atoms with Crippen LogP contribution in [0.15, 0.2) is 28.4 Å². The Balaban J connectivity index is 1.68. The molecule has 0 saturated carbocycles. The van der Waals surface area contributed by atoms with Gasteiger partial charge in [-0.1, -0.05) is 0 Å². The second-order valence-corrected chi connectivity index (χ2v) is 8.66. The van der Waals surface area contributed by atoms with Crippen LogP contribution in [-0.4, -0.2) is 83.5 Å². The topological polar surface area (TPSA) is 125 Å². The third kappa shape index (κ3) is 4.76. The molecule has 0 unspecified atom stereocenters. The number of carbonyl (C=O) groups excluding carboxylic acids is 3. The first-order valence-corrected chi connectivity index (χ1v) is 11.8. The first-order chi connectivity index (χ1) is 16.8. The summed E-state index contributed by atoms with van der Waals surface area (Å²) in [6, 6.07) is 2.49. The fourth-order valence-corrected chi connectivity index (χ4v) is 4.79. The van der Waals surface area contributed by atoms with E-state index >= 15 is 0 Å². The lowest BCUT2D eigenvalue weighted by atomic mass is 9.97. The Bertz CT molecular complexity index is 1130. The number of morpholine rings is 1. The van der Waals surface area contributed by atoms with Crippen LogP contribution < -0.4 is 0 Å². The number of hydrogen-bond donors (Lipinski definition) is 2. The molecule has 10 nitrogen and oxygen atoms in total. The number of H-pyrrole nitrogens is 1. The molecule has 0 bridgehead atoms. The maximum absolute atomic E-state index is 13.2. The number of carbonyl (C=O) groups is 3. The molecule has 2 aromatic heterocycles. The number of amides is 1. The molecule has 0 aliphatic carbocycles. The van der Waals surface area contributed by atoms with Gasteiger partial charge in [-0.3, -0.25) is 14.5 Å². The molecule has 2 aromatic rings. The number of aryl methyl sites for hydroxylation is 1. The number of nitrogens with one attached hydrogen (secondary N) is 1. The number of Topliss-reactive ketones (excluding diaryl/α,β-unsaturated/α-hetero) is 1. The van der Waals surface area contributed by atoms with Crippen molar-refractivity contribution in [2.24, 2.45) is 0 Å². The number of ether oxygens (including phenoxy) is 2. The summed E-state index contributed by atoms with van der Waals surface area (Å²) in [5.74, 6) is -1.99. The zero-order chi connectivity index (χ0) is 25.1. The number of aromatic amines is 1. The van der Waals surface area contributed by atoms with Crippen molar-refractivity contribution in [1.29, 1.82) is 0 Å². The second kappa shape index (κ2) is 10.5. The molecule has 4 heterocycles. The predicted molar refractivity (Wildman–Crippen MR) is 126 cm³/mol. The highest BCUT2D eigenvalue weighted by atomic mass is 16.5. The van der Waals surface area contributed by atoms with Crippen molar-refractivity contribution in [2.75, 3.05) is 46.0 Å². The van der Waals surface area contributed by atoms with Gasteiger partial charge in [0.2, 0.25) is 0 Å². The Kier molecular flexibility index (Phi) is 7.42. The lowest BCUT2D eigenvalue weighted by molar-refractivity contribution is -0.140. The molecule has 0 aromatic carbocycles. The second-order valence-electron chi connectivity index (χ2n) is 8.66. The van der Waals surface area contributed by atoms with Crippen LogP contribution in [0.5, 0.6) is 0 Å². The van der Waals surface area contributed by atoms with Crippen molar-refractivity contribution in [1.82, 2.24) is 14.8 Å². The maximum Gasteiger partial charge on any atom is 0.355 e. The SMILES string of the molecule is CCOC(=O)c1[nH]c(C)c(C(O)=C2C(=O)C(=O)N(CCCN3CCOCC3)[C@H]2c2ccco2)c1C. The van der Waals surface area contributed by atoms with Crippen LogP contribution in [0, 0.1) is 13.8 Å². The molecule has 10 heteroatoms. The van der Waals surface area contributed by atoms with Crippen LogP contribution in [0.3, 0.4) is 0 Å². The van der Waals surface area contributed by atoms with E-state index in [1.807, 2.05) is 0 Å². The molecule has 1 amide bonds. The summed E-state index contributed by atoms with van der Waals surface area (Å²) in [7, 11) is 0. The Hall–Kier alpha value is -3.37. The van der Waals surface area contributed by atoms with E-state index in [-0.39, 0.29) is 23.6 Å². The minimum Gasteiger partial charge on any atom is -0.507 e. The third-order valence-corrected chi connectivity index (χ3v) is 6.48. The average Bonchev–Trinajstić information content (AvgIpc) is 3.53. The van der Waals surface area contributed by atoms with Crippen molar-refractivity contribution in [3.05, 3.63) is 52.2 Å². The van der Waals surface area contributed by atoms with E-state index in [1.165, 1.54) is 11.2 Å². The fraction of sp³-hybridized carbons (Fsp3) is 0.480. The molecule has 2 saturated heterocycles. The first-order valence-electron chi connectivity index (χ1n) is 11.8. The normalized spacial score (nSPS) is 20.5. The van der Waals surface area contributed by atoms with Crippen molar-refractivity contribution in [3.63, 3.8) is 0 Å². The lowest BCUT2D eigenvalue weighted by Crippen LogP contribution is -2.38. The van der Waals surface area contributed by atoms with Crippen molar-refractivity contribution in [3.8, 4) is 0 Å². The summed E-state index contributed by atoms with van der Waals surface area (Å²) < 4.78 is 16.1. The van der Waals surface area contributed by atoms with E-state index in [9.17, 15) is 19.5 Å². The highest BCUT2D eigenvalue weighted by Crippen LogP contribution is 2.41. The van der Waals surface area contributed by atoms with Gasteiger partial charge in [0.25, 0.3) is 11.7 Å². The molecular weight excluding hydrogens is 454 g/mol. The van der Waals surface area contributed by atoms with Gasteiger partial charge < -0.3 is 28.9 Å². The molecule has 4 rings (SSSR count). The number of aliphatic hydroxyl groups is 1. The van der Waals surface area contributed by atoms with E-state index < -0.39 is 23.7 Å². The molecule has 2 N–H and O–H groups in total. The summed E-state index contributed by atoms with van der Waals surface area (Å²) in [5.41, 5.74) is 1.36. The van der Waals surface area contributed by atoms with Gasteiger partial charge in [0.15, 0.2) is 0 Å². The van der Waals surface area contributed by atoms with Gasteiger partial charge in [-0.05, 0) is 44.9 Å². The first kappa shape index (κ1) is 24.7. The standard InChI is InChI=1S/C25H31N3O7/c1-4-34-25(32)20-15(2)18(16(3)26-20)22(29)19-21(17-7-5-12-35-17)28(24(31)23(19)30)9-6-8-27-10-13-33-14-11-27/h5,7,12,21,26,29H,4,6,8-11,13-14H2,1-3H3/t21-/m0/s1. The van der Waals surface area contributed by atoms with Crippen molar-refractivity contribution < 1.29 is 33.4 Å². The number of rotatable bonds is 8. The number of furan rings is 1. The van der Waals surface area contributed by atoms with Crippen molar-refractivity contribution in [2.45, 2.75) is 33.2 Å². The Morgan fingerprint density at radius 1 is 1.23 bits per heavy atom. The molecule has 188 valence electrons. The number of nitrogens with zero attached hydrogens (tertiary/aromatic N) is 2. The van der Waals surface area contributed by atoms with Crippen LogP contribution in [0.2, 0.25) is 0 Å². The quantitative estimate of drug-likeness (QED) is 0.253. The Morgan fingerprint density at radius 2 is 1.97 bits per heavy atom. The number of aromatic nitrogens is 1. The molecule has 1 atom stereocenters. The van der Waals surface area contributed by atoms with E-state index in [0.29, 0.717) is 48.8 Å². The predicted octanol–water partition coefficient (Wildman–Crippen LogP) is 2.55. The highest BCUT2D eigenvalue weighted by molar-refractivity contribution is 6.46. The molecule has 35 heavy (non-hydrogen) atoms. The monoisotopic (exact) mass is 485 g/mol. The maximum atomic E-state index is 13.2. The minimum absolute atomic E-state index is 0.0584. The van der Waals surface area contributed by atoms with Gasteiger partial charge in [0, 0.05) is 37.4 Å². The summed E-state index contributed by atoms with van der Waals surface area (Å²) in [4.78, 5) is 45.3. The molecule has 2 aliphatic heterocycles. The van der Waals surface area contributed by atoms with Gasteiger partial charge >= 0.3 is 5.97 Å². The summed E-state index contributed by atoms with van der Waals surface area (Å²) in [6.07, 6.45) is 2.12. The summed E-state index contributed by atoms with van der Waals surface area (Å²) in [6.45, 7) is 9.35. The number of ketones is 1. The summed E-state index contributed by atoms with van der Waals surface area (Å²) in [5, 5.41) is 11.4. The van der Waals surface area contributed by atoms with Crippen LogP contribution >= 0.6 is 0 Å². The number of aliphatic hydroxyl groups excluding tert-OH is 1. The van der Waals surface area contributed by atoms with E-state index in [1.54, 1.807) is 32.9 Å². The van der Waals surface area contributed by atoms with Crippen LogP contribution in [-0.2, 0) is 19.1 Å². The van der Waals surface area contributed by atoms with Crippen LogP contribution in [0.4, 0.5) is 0 Å². The number of esters is 1. The smallest absolute Gasteiger partial charge is 0.355 e. The number of likely N-dealkylation sites (tertiary alicyclic amines) is 1. The largest absolute Gasteiger partial charge is 0.507 e.